The normalized spacial score (nSPS) is 11.0. The highest BCUT2D eigenvalue weighted by Crippen LogP contribution is 2.30. The number of hydrogen-bond donors (Lipinski definition) is 2. The maximum atomic E-state index is 9.89. The van der Waals surface area contributed by atoms with Crippen molar-refractivity contribution >= 4 is 22.2 Å². The predicted octanol–water partition coefficient (Wildman–Crippen LogP) is 3.95. The molecule has 10 nitrogen and oxygen atoms in total. The molecule has 1 heterocycles. The third kappa shape index (κ3) is 9.70. The van der Waals surface area contributed by atoms with Gasteiger partial charge >= 0.3 is 16.4 Å². The molecule has 0 saturated carbocycles. The summed E-state index contributed by atoms with van der Waals surface area (Å²) < 4.78 is 36.0. The van der Waals surface area contributed by atoms with Crippen LogP contribution in [0.1, 0.15) is 20.8 Å². The summed E-state index contributed by atoms with van der Waals surface area (Å²) in [5.41, 5.74) is 4.03. The van der Waals surface area contributed by atoms with Gasteiger partial charge in [0.05, 0.1) is 30.8 Å². The molecular formula is C25H31N3O7S. The van der Waals surface area contributed by atoms with Gasteiger partial charge in [0.2, 0.25) is 0 Å². The number of aromatic nitrogens is 2. The molecule has 1 aromatic heterocycles. The number of nitrogens with zero attached hydrogens (tertiary/aromatic N) is 3. The van der Waals surface area contributed by atoms with Gasteiger partial charge in [-0.1, -0.05) is 60.7 Å². The lowest BCUT2D eigenvalue weighted by molar-refractivity contribution is -0.142. The summed E-state index contributed by atoms with van der Waals surface area (Å²) in [5.74, 6) is -0.243. The first-order valence-electron chi connectivity index (χ1n) is 11.3. The maximum absolute atomic E-state index is 9.89. The van der Waals surface area contributed by atoms with Gasteiger partial charge in [-0.05, 0) is 20.8 Å². The summed E-state index contributed by atoms with van der Waals surface area (Å²) in [4.78, 5) is 21.8. The van der Waals surface area contributed by atoms with Crippen LogP contribution in [0.4, 0.5) is 5.82 Å². The fourth-order valence-electron chi connectivity index (χ4n) is 3.27. The molecule has 11 heteroatoms. The van der Waals surface area contributed by atoms with Crippen molar-refractivity contribution in [3.05, 3.63) is 66.9 Å². The molecule has 0 aliphatic carbocycles. The SMILES string of the molecule is CCN(c1cnc(-c2ccccc2)c(-c2ccccc2)n1)C(C)C.O=C(O)COCCOS(=O)(=O)O. The van der Waals surface area contributed by atoms with E-state index in [1.165, 1.54) is 0 Å². The van der Waals surface area contributed by atoms with Crippen molar-refractivity contribution in [3.63, 3.8) is 0 Å². The Morgan fingerprint density at radius 3 is 2.00 bits per heavy atom. The standard InChI is InChI=1S/C21H23N3.C4H8O7S/c1-4-24(16(2)3)19-15-22-20(17-11-7-5-8-12-17)21(23-19)18-13-9-6-10-14-18;5-4(6)3-10-1-2-11-12(7,8)9/h5-16H,4H2,1-3H3;1-3H2,(H,5,6)(H,7,8,9). The van der Waals surface area contributed by atoms with Crippen molar-refractivity contribution < 1.29 is 31.8 Å². The molecule has 194 valence electrons. The lowest BCUT2D eigenvalue weighted by atomic mass is 10.0. The highest BCUT2D eigenvalue weighted by Gasteiger charge is 2.16. The summed E-state index contributed by atoms with van der Waals surface area (Å²) in [6.07, 6.45) is 1.89. The van der Waals surface area contributed by atoms with E-state index in [1.54, 1.807) is 0 Å². The van der Waals surface area contributed by atoms with Gasteiger partial charge in [0, 0.05) is 23.7 Å². The highest BCUT2D eigenvalue weighted by atomic mass is 32.3. The van der Waals surface area contributed by atoms with E-state index in [-0.39, 0.29) is 6.61 Å². The molecule has 0 spiro atoms. The Morgan fingerprint density at radius 2 is 1.53 bits per heavy atom. The average molecular weight is 518 g/mol. The molecule has 0 atom stereocenters. The molecule has 3 rings (SSSR count). The van der Waals surface area contributed by atoms with Crippen LogP contribution >= 0.6 is 0 Å². The van der Waals surface area contributed by atoms with Gasteiger partial charge in [0.25, 0.3) is 0 Å². The first-order chi connectivity index (χ1) is 17.1. The molecule has 0 saturated heterocycles. The Balaban J connectivity index is 0.000000324. The molecule has 0 aliphatic rings. The minimum absolute atomic E-state index is 0.216. The van der Waals surface area contributed by atoms with Crippen molar-refractivity contribution in [2.45, 2.75) is 26.8 Å². The first-order valence-corrected chi connectivity index (χ1v) is 12.6. The van der Waals surface area contributed by atoms with Crippen LogP contribution in [-0.4, -0.2) is 66.4 Å². The van der Waals surface area contributed by atoms with Crippen molar-refractivity contribution in [1.82, 2.24) is 9.97 Å². The number of ether oxygens (including phenoxy) is 1. The molecule has 0 unspecified atom stereocenters. The van der Waals surface area contributed by atoms with Crippen LogP contribution in [0.2, 0.25) is 0 Å². The summed E-state index contributed by atoms with van der Waals surface area (Å²) in [6.45, 7) is 6.25. The summed E-state index contributed by atoms with van der Waals surface area (Å²) in [7, 11) is -4.45. The molecule has 0 bridgehead atoms. The lowest BCUT2D eigenvalue weighted by Gasteiger charge is -2.26. The van der Waals surface area contributed by atoms with Crippen LogP contribution in [0.5, 0.6) is 0 Å². The molecule has 36 heavy (non-hydrogen) atoms. The van der Waals surface area contributed by atoms with Gasteiger partial charge in [-0.25, -0.2) is 14.0 Å². The number of hydrogen-bond acceptors (Lipinski definition) is 8. The molecule has 0 aliphatic heterocycles. The van der Waals surface area contributed by atoms with Crippen LogP contribution < -0.4 is 4.90 Å². The van der Waals surface area contributed by atoms with Gasteiger partial charge in [0.1, 0.15) is 12.4 Å². The minimum Gasteiger partial charge on any atom is -0.480 e. The van der Waals surface area contributed by atoms with E-state index >= 15 is 0 Å². The molecular weight excluding hydrogens is 486 g/mol. The van der Waals surface area contributed by atoms with Crippen LogP contribution in [0.3, 0.4) is 0 Å². The van der Waals surface area contributed by atoms with E-state index in [9.17, 15) is 13.2 Å². The van der Waals surface area contributed by atoms with Crippen LogP contribution in [0, 0.1) is 0 Å². The zero-order chi connectivity index (χ0) is 26.6. The van der Waals surface area contributed by atoms with Crippen molar-refractivity contribution in [2.24, 2.45) is 0 Å². The Hall–Kier alpha value is -3.38. The van der Waals surface area contributed by atoms with E-state index in [0.717, 1.165) is 34.9 Å². The van der Waals surface area contributed by atoms with Crippen molar-refractivity contribution in [1.29, 1.82) is 0 Å². The molecule has 0 radical (unpaired) electrons. The highest BCUT2D eigenvalue weighted by molar-refractivity contribution is 7.80. The van der Waals surface area contributed by atoms with Gasteiger partial charge in [-0.3, -0.25) is 9.54 Å². The summed E-state index contributed by atoms with van der Waals surface area (Å²) >= 11 is 0. The summed E-state index contributed by atoms with van der Waals surface area (Å²) in [5, 5.41) is 8.04. The number of anilines is 1. The molecule has 3 aromatic rings. The zero-order valence-corrected chi connectivity index (χ0v) is 21.3. The summed E-state index contributed by atoms with van der Waals surface area (Å²) in [6, 6.07) is 20.9. The van der Waals surface area contributed by atoms with Crippen LogP contribution in [0.25, 0.3) is 22.5 Å². The zero-order valence-electron chi connectivity index (χ0n) is 20.4. The average Bonchev–Trinajstić information content (AvgIpc) is 2.84. The Morgan fingerprint density at radius 1 is 0.972 bits per heavy atom. The number of carboxylic acid groups (broad SMARTS) is 1. The van der Waals surface area contributed by atoms with E-state index in [4.69, 9.17) is 19.6 Å². The Kier molecular flexibility index (Phi) is 11.4. The smallest absolute Gasteiger partial charge is 0.397 e. The van der Waals surface area contributed by atoms with Gasteiger partial charge < -0.3 is 14.7 Å². The second kappa shape index (κ2) is 14.2. The van der Waals surface area contributed by atoms with E-state index in [2.05, 4.69) is 58.9 Å². The quantitative estimate of drug-likeness (QED) is 0.284. The largest absolute Gasteiger partial charge is 0.480 e. The fourth-order valence-corrected chi connectivity index (χ4v) is 3.55. The van der Waals surface area contributed by atoms with E-state index in [0.29, 0.717) is 6.04 Å². The number of benzene rings is 2. The third-order valence-corrected chi connectivity index (χ3v) is 5.26. The van der Waals surface area contributed by atoms with Gasteiger partial charge in [-0.15, -0.1) is 0 Å². The molecule has 2 aromatic carbocycles. The topological polar surface area (TPSA) is 139 Å². The second-order valence-corrected chi connectivity index (χ2v) is 8.82. The van der Waals surface area contributed by atoms with Crippen molar-refractivity contribution in [3.8, 4) is 22.5 Å². The maximum Gasteiger partial charge on any atom is 0.397 e. The molecule has 2 N–H and O–H groups in total. The minimum atomic E-state index is -4.45. The Labute approximate surface area is 211 Å². The number of aliphatic carboxylic acids is 1. The number of carbonyl (C=O) groups is 1. The third-order valence-electron chi connectivity index (χ3n) is 4.80. The number of rotatable bonds is 11. The monoisotopic (exact) mass is 517 g/mol. The predicted molar refractivity (Wildman–Crippen MR) is 137 cm³/mol. The molecule has 0 amide bonds. The van der Waals surface area contributed by atoms with Crippen molar-refractivity contribution in [2.75, 3.05) is 31.3 Å². The molecule has 0 fully saturated rings. The van der Waals surface area contributed by atoms with Gasteiger partial charge in [-0.2, -0.15) is 8.42 Å². The second-order valence-electron chi connectivity index (χ2n) is 7.73. The van der Waals surface area contributed by atoms with Gasteiger partial charge in [0.15, 0.2) is 0 Å². The first kappa shape index (κ1) is 28.9. The lowest BCUT2D eigenvalue weighted by Crippen LogP contribution is -2.31. The van der Waals surface area contributed by atoms with Crippen LogP contribution in [0.15, 0.2) is 66.9 Å². The fraction of sp³-hybridized carbons (Fsp3) is 0.320. The number of carboxylic acids is 1. The Bertz CT molecular complexity index is 1190. The van der Waals surface area contributed by atoms with E-state index in [1.807, 2.05) is 42.6 Å². The van der Waals surface area contributed by atoms with E-state index < -0.39 is 29.6 Å². The van der Waals surface area contributed by atoms with Crippen LogP contribution in [-0.2, 0) is 24.1 Å².